The number of nitrogens with one attached hydrogen (secondary N) is 1. The van der Waals surface area contributed by atoms with Crippen molar-refractivity contribution < 1.29 is 14.3 Å². The fourth-order valence-electron chi connectivity index (χ4n) is 3.03. The van der Waals surface area contributed by atoms with Crippen molar-refractivity contribution >= 4 is 16.9 Å². The number of fused-ring (bicyclic) bond motifs is 1. The molecule has 0 bridgehead atoms. The highest BCUT2D eigenvalue weighted by Crippen LogP contribution is 2.30. The number of carbonyl (C=O) groups excluding carboxylic acids is 1. The van der Waals surface area contributed by atoms with Crippen LogP contribution >= 0.6 is 0 Å². The summed E-state index contributed by atoms with van der Waals surface area (Å²) in [5.41, 5.74) is 1.26. The van der Waals surface area contributed by atoms with Crippen LogP contribution in [0.15, 0.2) is 18.3 Å². The zero-order valence-corrected chi connectivity index (χ0v) is 13.0. The molecule has 22 heavy (non-hydrogen) atoms. The summed E-state index contributed by atoms with van der Waals surface area (Å²) in [6, 6.07) is 3.54. The van der Waals surface area contributed by atoms with Crippen LogP contribution in [0.1, 0.15) is 23.2 Å². The molecule has 118 valence electrons. The predicted molar refractivity (Wildman–Crippen MR) is 83.2 cm³/mol. The highest BCUT2D eigenvalue weighted by Gasteiger charge is 2.19. The van der Waals surface area contributed by atoms with Gasteiger partial charge in [-0.05, 0) is 44.0 Å². The molecule has 6 heteroatoms. The third-order valence-electron chi connectivity index (χ3n) is 4.20. The van der Waals surface area contributed by atoms with Gasteiger partial charge >= 0.3 is 5.97 Å². The number of ether oxygens (including phenoxy) is 2. The van der Waals surface area contributed by atoms with Crippen LogP contribution in [0.3, 0.4) is 0 Å². The van der Waals surface area contributed by atoms with Gasteiger partial charge in [-0.25, -0.2) is 4.79 Å². The number of aromatic nitrogens is 2. The molecule has 1 aromatic heterocycles. The van der Waals surface area contributed by atoms with E-state index in [1.165, 1.54) is 20.0 Å². The smallest absolute Gasteiger partial charge is 0.341 e. The summed E-state index contributed by atoms with van der Waals surface area (Å²) in [6.07, 6.45) is 4.30. The molecule has 1 saturated heterocycles. The molecule has 1 N–H and O–H groups in total. The van der Waals surface area contributed by atoms with Gasteiger partial charge in [-0.3, -0.25) is 4.68 Å². The van der Waals surface area contributed by atoms with Crippen LogP contribution in [-0.4, -0.2) is 43.1 Å². The zero-order valence-electron chi connectivity index (χ0n) is 13.0. The van der Waals surface area contributed by atoms with Gasteiger partial charge in [-0.15, -0.1) is 0 Å². The molecule has 0 atom stereocenters. The molecule has 2 heterocycles. The number of esters is 1. The lowest BCUT2D eigenvalue weighted by Gasteiger charge is -2.22. The maximum atomic E-state index is 11.8. The molecular weight excluding hydrogens is 282 g/mol. The SMILES string of the molecule is COC(=O)c1ccc2nn(CC3CCNCC3)cc2c1OC. The summed E-state index contributed by atoms with van der Waals surface area (Å²) in [6.45, 7) is 3.04. The molecule has 0 spiro atoms. The third kappa shape index (κ3) is 2.78. The van der Waals surface area contributed by atoms with Crippen LogP contribution in [0.5, 0.6) is 5.75 Å². The van der Waals surface area contributed by atoms with Crippen molar-refractivity contribution in [3.63, 3.8) is 0 Å². The second kappa shape index (κ2) is 6.36. The molecular formula is C16H21N3O3. The molecule has 3 rings (SSSR count). The molecule has 1 aliphatic heterocycles. The topological polar surface area (TPSA) is 65.4 Å². The monoisotopic (exact) mass is 303 g/mol. The van der Waals surface area contributed by atoms with E-state index in [4.69, 9.17) is 9.47 Å². The standard InChI is InChI=1S/C16H21N3O3/c1-21-15-12(16(20)22-2)3-4-14-13(15)10-19(18-14)9-11-5-7-17-8-6-11/h3-4,10-11,17H,5-9H2,1-2H3. The Morgan fingerprint density at radius 3 is 2.82 bits per heavy atom. The largest absolute Gasteiger partial charge is 0.495 e. The Kier molecular flexibility index (Phi) is 4.29. The van der Waals surface area contributed by atoms with E-state index in [2.05, 4.69) is 10.4 Å². The van der Waals surface area contributed by atoms with E-state index < -0.39 is 5.97 Å². The van der Waals surface area contributed by atoms with E-state index in [1.54, 1.807) is 13.2 Å². The van der Waals surface area contributed by atoms with Crippen molar-refractivity contribution in [1.29, 1.82) is 0 Å². The van der Waals surface area contributed by atoms with Gasteiger partial charge in [-0.1, -0.05) is 0 Å². The van der Waals surface area contributed by atoms with Crippen molar-refractivity contribution in [2.75, 3.05) is 27.3 Å². The Balaban J connectivity index is 1.93. The van der Waals surface area contributed by atoms with Gasteiger partial charge < -0.3 is 14.8 Å². The number of carbonyl (C=O) groups is 1. The quantitative estimate of drug-likeness (QED) is 0.873. The number of methoxy groups -OCH3 is 2. The van der Waals surface area contributed by atoms with Crippen molar-refractivity contribution in [3.05, 3.63) is 23.9 Å². The number of hydrogen-bond acceptors (Lipinski definition) is 5. The van der Waals surface area contributed by atoms with E-state index in [0.717, 1.165) is 30.5 Å². The number of hydrogen-bond donors (Lipinski definition) is 1. The van der Waals surface area contributed by atoms with Gasteiger partial charge in [0, 0.05) is 12.7 Å². The summed E-state index contributed by atoms with van der Waals surface area (Å²) in [5.74, 6) is 0.771. The van der Waals surface area contributed by atoms with Crippen LogP contribution in [0.2, 0.25) is 0 Å². The number of rotatable bonds is 4. The molecule has 1 aliphatic rings. The summed E-state index contributed by atoms with van der Waals surface area (Å²) < 4.78 is 12.2. The average Bonchev–Trinajstić information content (AvgIpc) is 2.96. The van der Waals surface area contributed by atoms with Crippen LogP contribution in [0, 0.1) is 5.92 Å². The van der Waals surface area contributed by atoms with Crippen LogP contribution in [0.25, 0.3) is 10.9 Å². The van der Waals surface area contributed by atoms with Crippen molar-refractivity contribution in [3.8, 4) is 5.75 Å². The second-order valence-electron chi connectivity index (χ2n) is 5.62. The lowest BCUT2D eigenvalue weighted by Crippen LogP contribution is -2.29. The summed E-state index contributed by atoms with van der Waals surface area (Å²) in [5, 5.41) is 8.82. The summed E-state index contributed by atoms with van der Waals surface area (Å²) >= 11 is 0. The Bertz CT molecular complexity index is 675. The van der Waals surface area contributed by atoms with Gasteiger partial charge in [0.05, 0.1) is 25.1 Å². The molecule has 0 amide bonds. The van der Waals surface area contributed by atoms with Gasteiger partial charge in [0.1, 0.15) is 11.3 Å². The fraction of sp³-hybridized carbons (Fsp3) is 0.500. The Morgan fingerprint density at radius 2 is 2.14 bits per heavy atom. The number of piperidine rings is 1. The average molecular weight is 303 g/mol. The van der Waals surface area contributed by atoms with Gasteiger partial charge in [0.2, 0.25) is 0 Å². The van der Waals surface area contributed by atoms with E-state index in [-0.39, 0.29) is 0 Å². The van der Waals surface area contributed by atoms with Crippen LogP contribution < -0.4 is 10.1 Å². The molecule has 0 radical (unpaired) electrons. The third-order valence-corrected chi connectivity index (χ3v) is 4.20. The predicted octanol–water partition coefficient (Wildman–Crippen LogP) is 1.83. The van der Waals surface area contributed by atoms with E-state index >= 15 is 0 Å². The number of nitrogens with zero attached hydrogens (tertiary/aromatic N) is 2. The van der Waals surface area contributed by atoms with E-state index in [1.807, 2.05) is 16.9 Å². The van der Waals surface area contributed by atoms with Gasteiger partial charge in [-0.2, -0.15) is 5.10 Å². The van der Waals surface area contributed by atoms with Crippen molar-refractivity contribution in [1.82, 2.24) is 15.1 Å². The lowest BCUT2D eigenvalue weighted by molar-refractivity contribution is 0.0597. The maximum absolute atomic E-state index is 11.8. The first kappa shape index (κ1) is 14.8. The van der Waals surface area contributed by atoms with E-state index in [0.29, 0.717) is 17.2 Å². The molecule has 1 fully saturated rings. The maximum Gasteiger partial charge on any atom is 0.341 e. The first-order valence-corrected chi connectivity index (χ1v) is 7.56. The van der Waals surface area contributed by atoms with Crippen molar-refractivity contribution in [2.24, 2.45) is 5.92 Å². The minimum atomic E-state index is -0.398. The molecule has 0 saturated carbocycles. The summed E-state index contributed by atoms with van der Waals surface area (Å²) in [4.78, 5) is 11.8. The summed E-state index contributed by atoms with van der Waals surface area (Å²) in [7, 11) is 2.93. The molecule has 1 aromatic carbocycles. The first-order chi connectivity index (χ1) is 10.7. The Hall–Kier alpha value is -2.08. The fourth-order valence-corrected chi connectivity index (χ4v) is 3.03. The Morgan fingerprint density at radius 1 is 1.36 bits per heavy atom. The first-order valence-electron chi connectivity index (χ1n) is 7.56. The Labute approximate surface area is 129 Å². The van der Waals surface area contributed by atoms with Crippen LogP contribution in [0.4, 0.5) is 0 Å². The zero-order chi connectivity index (χ0) is 15.5. The molecule has 0 aliphatic carbocycles. The van der Waals surface area contributed by atoms with Gasteiger partial charge in [0.15, 0.2) is 0 Å². The minimum absolute atomic E-state index is 0.398. The second-order valence-corrected chi connectivity index (χ2v) is 5.62. The molecule has 2 aromatic rings. The minimum Gasteiger partial charge on any atom is -0.495 e. The van der Waals surface area contributed by atoms with Gasteiger partial charge in [0.25, 0.3) is 0 Å². The highest BCUT2D eigenvalue weighted by atomic mass is 16.5. The van der Waals surface area contributed by atoms with Crippen LogP contribution in [-0.2, 0) is 11.3 Å². The highest BCUT2D eigenvalue weighted by molar-refractivity contribution is 6.00. The molecule has 6 nitrogen and oxygen atoms in total. The normalized spacial score (nSPS) is 15.9. The number of benzene rings is 1. The molecule has 0 unspecified atom stereocenters. The van der Waals surface area contributed by atoms with E-state index in [9.17, 15) is 4.79 Å². The van der Waals surface area contributed by atoms with Crippen molar-refractivity contribution in [2.45, 2.75) is 19.4 Å². The lowest BCUT2D eigenvalue weighted by atomic mass is 9.98.